The molecule has 2 aromatic heterocycles. The Hall–Kier alpha value is -1.78. The van der Waals surface area contributed by atoms with Crippen molar-refractivity contribution >= 4 is 32.4 Å². The van der Waals surface area contributed by atoms with E-state index in [2.05, 4.69) is 15.5 Å². The molecule has 4 bridgehead atoms. The van der Waals surface area contributed by atoms with Crippen LogP contribution in [0.25, 0.3) is 0 Å². The number of aromatic nitrogens is 2. The van der Waals surface area contributed by atoms with E-state index in [9.17, 15) is 13.2 Å². The fraction of sp³-hybridized carbons (Fsp3) is 0.632. The van der Waals surface area contributed by atoms with E-state index in [1.807, 2.05) is 0 Å². The molecule has 0 spiro atoms. The third kappa shape index (κ3) is 3.40. The van der Waals surface area contributed by atoms with Crippen LogP contribution in [0.3, 0.4) is 0 Å². The van der Waals surface area contributed by atoms with Crippen LogP contribution in [0.1, 0.15) is 44.3 Å². The highest BCUT2D eigenvalue weighted by molar-refractivity contribution is 7.91. The van der Waals surface area contributed by atoms with Crippen molar-refractivity contribution in [3.8, 4) is 0 Å². The van der Waals surface area contributed by atoms with Gasteiger partial charge in [-0.1, -0.05) is 11.3 Å². The molecule has 6 rings (SSSR count). The Morgan fingerprint density at radius 3 is 2.48 bits per heavy atom. The number of furan rings is 1. The van der Waals surface area contributed by atoms with Gasteiger partial charge in [-0.05, 0) is 68.4 Å². The number of amides is 1. The van der Waals surface area contributed by atoms with Gasteiger partial charge in [0.15, 0.2) is 0 Å². The van der Waals surface area contributed by atoms with E-state index in [1.54, 1.807) is 12.1 Å². The molecule has 4 aliphatic rings. The molecule has 10 heteroatoms. The molecule has 0 radical (unpaired) electrons. The fourth-order valence-electron chi connectivity index (χ4n) is 5.82. The summed E-state index contributed by atoms with van der Waals surface area (Å²) < 4.78 is 31.8. The highest BCUT2D eigenvalue weighted by Crippen LogP contribution is 2.60. The summed E-state index contributed by atoms with van der Waals surface area (Å²) in [6.45, 7) is 0.101. The molecule has 0 unspecified atom stereocenters. The Labute approximate surface area is 173 Å². The lowest BCUT2D eigenvalue weighted by molar-refractivity contribution is -0.140. The number of carbonyl (C=O) groups is 1. The summed E-state index contributed by atoms with van der Waals surface area (Å²) >= 11 is 0.899. The number of hydrogen-bond donors (Lipinski definition) is 1. The first-order valence-electron chi connectivity index (χ1n) is 9.98. The molecule has 0 atom stereocenters. The molecule has 0 aromatic carbocycles. The molecule has 1 N–H and O–H groups in total. The van der Waals surface area contributed by atoms with Gasteiger partial charge in [0.05, 0.1) is 18.2 Å². The third-order valence-corrected chi connectivity index (χ3v) is 9.72. The Morgan fingerprint density at radius 1 is 1.24 bits per heavy atom. The highest BCUT2D eigenvalue weighted by atomic mass is 32.2. The predicted octanol–water partition coefficient (Wildman–Crippen LogP) is 3.11. The maximum absolute atomic E-state index is 13.1. The van der Waals surface area contributed by atoms with Crippen LogP contribution < -0.4 is 5.32 Å². The molecule has 1 amide bonds. The number of anilines is 1. The van der Waals surface area contributed by atoms with Crippen LogP contribution in [0.5, 0.6) is 0 Å². The standard InChI is InChI=1S/C19H24N4O4S2/c1-23(11-15-3-2-4-27-15)29(25,26)18-22-21-17(28-18)20-16(24)19-8-12-5-13(9-19)7-14(6-12)10-19/h2-4,12-14H,5-11H2,1H3,(H,20,21,24). The molecule has 2 heterocycles. The van der Waals surface area contributed by atoms with Crippen molar-refractivity contribution in [2.24, 2.45) is 23.2 Å². The lowest BCUT2D eigenvalue weighted by atomic mass is 9.49. The van der Waals surface area contributed by atoms with Crippen molar-refractivity contribution in [2.45, 2.75) is 49.4 Å². The zero-order valence-corrected chi connectivity index (χ0v) is 17.8. The van der Waals surface area contributed by atoms with E-state index < -0.39 is 10.0 Å². The van der Waals surface area contributed by atoms with Gasteiger partial charge < -0.3 is 9.73 Å². The van der Waals surface area contributed by atoms with Gasteiger partial charge in [0.2, 0.25) is 15.4 Å². The molecule has 29 heavy (non-hydrogen) atoms. The van der Waals surface area contributed by atoms with Crippen LogP contribution >= 0.6 is 11.3 Å². The molecule has 0 aliphatic heterocycles. The third-order valence-electron chi connectivity index (χ3n) is 6.74. The molecular weight excluding hydrogens is 412 g/mol. The largest absolute Gasteiger partial charge is 0.468 e. The topological polar surface area (TPSA) is 105 Å². The number of hydrogen-bond acceptors (Lipinski definition) is 7. The van der Waals surface area contributed by atoms with Gasteiger partial charge in [-0.15, -0.1) is 10.2 Å². The van der Waals surface area contributed by atoms with Crippen molar-refractivity contribution in [3.63, 3.8) is 0 Å². The molecule has 8 nitrogen and oxygen atoms in total. The minimum atomic E-state index is -3.81. The predicted molar refractivity (Wildman–Crippen MR) is 107 cm³/mol. The molecule has 156 valence electrons. The second-order valence-electron chi connectivity index (χ2n) is 8.87. The smallest absolute Gasteiger partial charge is 0.272 e. The quantitative estimate of drug-likeness (QED) is 0.698. The molecule has 4 fully saturated rings. The van der Waals surface area contributed by atoms with Crippen molar-refractivity contribution in [1.82, 2.24) is 14.5 Å². The molecular formula is C19H24N4O4S2. The van der Waals surface area contributed by atoms with E-state index in [0.29, 0.717) is 23.5 Å². The number of nitrogens with one attached hydrogen (secondary N) is 1. The lowest BCUT2D eigenvalue weighted by Crippen LogP contribution is -2.51. The van der Waals surface area contributed by atoms with Gasteiger partial charge in [-0.3, -0.25) is 4.79 Å². The average molecular weight is 437 g/mol. The first kappa shape index (κ1) is 19.2. The van der Waals surface area contributed by atoms with Gasteiger partial charge in [-0.2, -0.15) is 4.31 Å². The maximum atomic E-state index is 13.1. The first-order valence-corrected chi connectivity index (χ1v) is 12.2. The number of carbonyl (C=O) groups excluding carboxylic acids is 1. The summed E-state index contributed by atoms with van der Waals surface area (Å²) in [4.78, 5) is 13.1. The number of rotatable bonds is 6. The first-order chi connectivity index (χ1) is 13.8. The van der Waals surface area contributed by atoms with Gasteiger partial charge >= 0.3 is 0 Å². The van der Waals surface area contributed by atoms with Gasteiger partial charge in [0, 0.05) is 7.05 Å². The van der Waals surface area contributed by atoms with Crippen LogP contribution in [0.4, 0.5) is 5.13 Å². The van der Waals surface area contributed by atoms with Crippen molar-refractivity contribution < 1.29 is 17.6 Å². The van der Waals surface area contributed by atoms with E-state index >= 15 is 0 Å². The number of sulfonamides is 1. The Balaban J connectivity index is 1.29. The summed E-state index contributed by atoms with van der Waals surface area (Å²) in [6.07, 6.45) is 8.11. The zero-order valence-electron chi connectivity index (χ0n) is 16.2. The minimum absolute atomic E-state index is 0.0133. The number of nitrogens with zero attached hydrogens (tertiary/aromatic N) is 3. The SMILES string of the molecule is CN(Cc1ccco1)S(=O)(=O)c1nnc(NC(=O)C23CC4CC(CC(C4)C2)C3)s1. The second kappa shape index (κ2) is 6.88. The Bertz CT molecular complexity index is 980. The molecule has 0 saturated heterocycles. The van der Waals surface area contributed by atoms with Gasteiger partial charge in [0.25, 0.3) is 10.0 Å². The summed E-state index contributed by atoms with van der Waals surface area (Å²) in [5, 5.41) is 10.9. The van der Waals surface area contributed by atoms with E-state index in [0.717, 1.165) is 34.9 Å². The van der Waals surface area contributed by atoms with Gasteiger partial charge in [-0.25, -0.2) is 8.42 Å². The van der Waals surface area contributed by atoms with Crippen LogP contribution in [-0.4, -0.2) is 35.9 Å². The summed E-state index contributed by atoms with van der Waals surface area (Å²) in [5.74, 6) is 2.50. The molecule has 4 aliphatic carbocycles. The van der Waals surface area contributed by atoms with Crippen LogP contribution in [-0.2, 0) is 21.4 Å². The summed E-state index contributed by atoms with van der Waals surface area (Å²) in [7, 11) is -2.34. The van der Waals surface area contributed by atoms with Crippen LogP contribution in [0.2, 0.25) is 0 Å². The van der Waals surface area contributed by atoms with E-state index in [-0.39, 0.29) is 27.3 Å². The maximum Gasteiger partial charge on any atom is 0.272 e. The normalized spacial score (nSPS) is 30.8. The van der Waals surface area contributed by atoms with E-state index in [4.69, 9.17) is 4.42 Å². The van der Waals surface area contributed by atoms with Crippen molar-refractivity contribution in [3.05, 3.63) is 24.2 Å². The Kier molecular flexibility index (Phi) is 4.56. The summed E-state index contributed by atoms with van der Waals surface area (Å²) in [6, 6.07) is 3.42. The molecule has 4 saturated carbocycles. The second-order valence-corrected chi connectivity index (χ2v) is 12.1. The van der Waals surface area contributed by atoms with E-state index in [1.165, 1.54) is 32.6 Å². The highest BCUT2D eigenvalue weighted by Gasteiger charge is 2.54. The zero-order chi connectivity index (χ0) is 20.2. The Morgan fingerprint density at radius 2 is 1.90 bits per heavy atom. The van der Waals surface area contributed by atoms with Crippen molar-refractivity contribution in [2.75, 3.05) is 12.4 Å². The average Bonchev–Trinajstić information content (AvgIpc) is 3.32. The fourth-order valence-corrected chi connectivity index (χ4v) is 8.04. The van der Waals surface area contributed by atoms with Crippen LogP contribution in [0.15, 0.2) is 27.2 Å². The monoisotopic (exact) mass is 436 g/mol. The summed E-state index contributed by atoms with van der Waals surface area (Å²) in [5.41, 5.74) is -0.310. The van der Waals surface area contributed by atoms with Crippen molar-refractivity contribution in [1.29, 1.82) is 0 Å². The van der Waals surface area contributed by atoms with Crippen LogP contribution in [0, 0.1) is 23.2 Å². The molecule has 2 aromatic rings. The minimum Gasteiger partial charge on any atom is -0.468 e. The van der Waals surface area contributed by atoms with Gasteiger partial charge in [0.1, 0.15) is 5.76 Å². The lowest BCUT2D eigenvalue weighted by Gasteiger charge is -2.55.